The fourth-order valence-electron chi connectivity index (χ4n) is 2.67. The molecule has 0 aromatic heterocycles. The Morgan fingerprint density at radius 1 is 1.17 bits per heavy atom. The van der Waals surface area contributed by atoms with Crippen LogP contribution in [-0.4, -0.2) is 34.9 Å². The predicted molar refractivity (Wildman–Crippen MR) is 97.8 cm³/mol. The average molecular weight is 340 g/mol. The Morgan fingerprint density at radius 3 is 2.62 bits per heavy atom. The predicted octanol–water partition coefficient (Wildman–Crippen LogP) is 3.06. The van der Waals surface area contributed by atoms with Gasteiger partial charge in [0.1, 0.15) is 6.54 Å². The van der Waals surface area contributed by atoms with Gasteiger partial charge < -0.3 is 9.80 Å². The lowest BCUT2D eigenvalue weighted by molar-refractivity contribution is -0.131. The van der Waals surface area contributed by atoms with Crippen LogP contribution in [0.2, 0.25) is 0 Å². The molecule has 0 radical (unpaired) electrons. The molecule has 2 aromatic carbocycles. The van der Waals surface area contributed by atoms with Crippen LogP contribution < -0.4 is 4.90 Å². The first-order valence-electron chi connectivity index (χ1n) is 7.90. The number of carbonyl (C=O) groups excluding carboxylic acids is 2. The second-order valence-electron chi connectivity index (χ2n) is 5.87. The Kier molecular flexibility index (Phi) is 5.20. The van der Waals surface area contributed by atoms with E-state index in [1.54, 1.807) is 21.6 Å². The van der Waals surface area contributed by atoms with Crippen LogP contribution >= 0.6 is 11.8 Å². The lowest BCUT2D eigenvalue weighted by Crippen LogP contribution is -2.41. The Balaban J connectivity index is 1.83. The summed E-state index contributed by atoms with van der Waals surface area (Å²) in [5, 5.41) is 0. The highest BCUT2D eigenvalue weighted by molar-refractivity contribution is 8.00. The molecular weight excluding hydrogens is 320 g/mol. The minimum absolute atomic E-state index is 0.0391. The Bertz CT molecular complexity index is 733. The van der Waals surface area contributed by atoms with Crippen molar-refractivity contribution in [3.05, 3.63) is 65.7 Å². The molecular formula is C19H20N2O2S. The molecule has 2 amide bonds. The molecule has 0 unspecified atom stereocenters. The summed E-state index contributed by atoms with van der Waals surface area (Å²) in [6.07, 6.45) is 0. The third-order valence-corrected chi connectivity index (χ3v) is 4.89. The van der Waals surface area contributed by atoms with Gasteiger partial charge in [0.25, 0.3) is 0 Å². The van der Waals surface area contributed by atoms with Gasteiger partial charge in [-0.3, -0.25) is 9.59 Å². The van der Waals surface area contributed by atoms with E-state index in [-0.39, 0.29) is 18.4 Å². The van der Waals surface area contributed by atoms with Crippen molar-refractivity contribution >= 4 is 29.3 Å². The van der Waals surface area contributed by atoms with Crippen LogP contribution in [-0.2, 0) is 16.1 Å². The first kappa shape index (κ1) is 16.6. The van der Waals surface area contributed by atoms with E-state index in [0.717, 1.165) is 16.8 Å². The van der Waals surface area contributed by atoms with E-state index in [0.29, 0.717) is 18.2 Å². The number of amides is 2. The van der Waals surface area contributed by atoms with Gasteiger partial charge in [-0.2, -0.15) is 0 Å². The zero-order valence-corrected chi connectivity index (χ0v) is 14.5. The summed E-state index contributed by atoms with van der Waals surface area (Å²) in [6.45, 7) is 2.64. The molecule has 3 rings (SSSR count). The van der Waals surface area contributed by atoms with Gasteiger partial charge in [-0.25, -0.2) is 0 Å². The van der Waals surface area contributed by atoms with Gasteiger partial charge in [0, 0.05) is 5.69 Å². The lowest BCUT2D eigenvalue weighted by atomic mass is 10.1. The fraction of sp³-hybridized carbons (Fsp3) is 0.263. The number of hydrogen-bond acceptors (Lipinski definition) is 3. The monoisotopic (exact) mass is 340 g/mol. The van der Waals surface area contributed by atoms with Gasteiger partial charge >= 0.3 is 0 Å². The quantitative estimate of drug-likeness (QED) is 0.840. The molecule has 1 fully saturated rings. The van der Waals surface area contributed by atoms with E-state index in [1.165, 1.54) is 0 Å². The third-order valence-electron chi connectivity index (χ3n) is 3.95. The third kappa shape index (κ3) is 3.97. The zero-order chi connectivity index (χ0) is 16.9. The van der Waals surface area contributed by atoms with Crippen molar-refractivity contribution in [3.63, 3.8) is 0 Å². The molecule has 2 aromatic rings. The van der Waals surface area contributed by atoms with Gasteiger partial charge in [-0.05, 0) is 30.2 Å². The Labute approximate surface area is 146 Å². The highest BCUT2D eigenvalue weighted by atomic mass is 32.2. The topological polar surface area (TPSA) is 40.6 Å². The van der Waals surface area contributed by atoms with Crippen molar-refractivity contribution in [2.45, 2.75) is 13.5 Å². The van der Waals surface area contributed by atoms with Crippen LogP contribution in [0.1, 0.15) is 11.1 Å². The number of benzene rings is 2. The van der Waals surface area contributed by atoms with Gasteiger partial charge in [-0.1, -0.05) is 42.5 Å². The minimum Gasteiger partial charge on any atom is -0.323 e. The van der Waals surface area contributed by atoms with Crippen molar-refractivity contribution in [1.29, 1.82) is 0 Å². The largest absolute Gasteiger partial charge is 0.323 e. The Hall–Kier alpha value is -2.27. The van der Waals surface area contributed by atoms with E-state index >= 15 is 0 Å². The highest BCUT2D eigenvalue weighted by Crippen LogP contribution is 2.21. The van der Waals surface area contributed by atoms with Gasteiger partial charge in [-0.15, -0.1) is 11.8 Å². The summed E-state index contributed by atoms with van der Waals surface area (Å²) in [7, 11) is 0. The van der Waals surface area contributed by atoms with Crippen LogP contribution in [0.4, 0.5) is 5.69 Å². The van der Waals surface area contributed by atoms with Crippen molar-refractivity contribution in [3.8, 4) is 0 Å². The molecule has 24 heavy (non-hydrogen) atoms. The lowest BCUT2D eigenvalue weighted by Gasteiger charge is -2.26. The summed E-state index contributed by atoms with van der Waals surface area (Å²) >= 11 is 1.55. The average Bonchev–Trinajstić information content (AvgIpc) is 2.98. The summed E-state index contributed by atoms with van der Waals surface area (Å²) in [5.41, 5.74) is 3.03. The Morgan fingerprint density at radius 2 is 1.96 bits per heavy atom. The van der Waals surface area contributed by atoms with Crippen LogP contribution in [0.5, 0.6) is 0 Å². The maximum absolute atomic E-state index is 12.9. The smallest absolute Gasteiger partial charge is 0.246 e. The van der Waals surface area contributed by atoms with Crippen molar-refractivity contribution in [1.82, 2.24) is 4.90 Å². The molecule has 0 spiro atoms. The van der Waals surface area contributed by atoms with Crippen LogP contribution in [0.15, 0.2) is 54.6 Å². The first-order valence-corrected chi connectivity index (χ1v) is 9.05. The van der Waals surface area contributed by atoms with Crippen molar-refractivity contribution in [2.24, 2.45) is 0 Å². The molecule has 1 aliphatic rings. The molecule has 0 N–H and O–H groups in total. The number of nitrogens with zero attached hydrogens (tertiary/aromatic N) is 2. The second kappa shape index (κ2) is 7.53. The molecule has 0 bridgehead atoms. The number of thioether (sulfide) groups is 1. The van der Waals surface area contributed by atoms with E-state index < -0.39 is 0 Å². The highest BCUT2D eigenvalue weighted by Gasteiger charge is 2.26. The number of hydrogen-bond donors (Lipinski definition) is 0. The number of anilines is 1. The second-order valence-corrected chi connectivity index (χ2v) is 6.83. The number of rotatable bonds is 5. The summed E-state index contributed by atoms with van der Waals surface area (Å²) < 4.78 is 0. The van der Waals surface area contributed by atoms with Crippen molar-refractivity contribution in [2.75, 3.05) is 23.1 Å². The summed E-state index contributed by atoms with van der Waals surface area (Å²) in [6, 6.07) is 17.8. The molecule has 0 atom stereocenters. The SMILES string of the molecule is Cc1cccc(N(Cc2ccccc2)C(=O)CN2CSCC2=O)c1. The molecule has 0 saturated carbocycles. The summed E-state index contributed by atoms with van der Waals surface area (Å²) in [4.78, 5) is 28.1. The molecule has 1 aliphatic heterocycles. The van der Waals surface area contributed by atoms with E-state index in [4.69, 9.17) is 0 Å². The molecule has 1 heterocycles. The van der Waals surface area contributed by atoms with E-state index in [2.05, 4.69) is 0 Å². The molecule has 1 saturated heterocycles. The summed E-state index contributed by atoms with van der Waals surface area (Å²) in [5.74, 6) is 1.05. The van der Waals surface area contributed by atoms with Gasteiger partial charge in [0.15, 0.2) is 0 Å². The maximum Gasteiger partial charge on any atom is 0.246 e. The first-order chi connectivity index (χ1) is 11.6. The van der Waals surface area contributed by atoms with Crippen LogP contribution in [0.3, 0.4) is 0 Å². The standard InChI is InChI=1S/C19H20N2O2S/c1-15-6-5-9-17(10-15)21(11-16-7-3-2-4-8-16)18(22)12-20-14-24-13-19(20)23/h2-10H,11-14H2,1H3. The number of carbonyl (C=O) groups is 2. The molecule has 0 aliphatic carbocycles. The zero-order valence-electron chi connectivity index (χ0n) is 13.6. The van der Waals surface area contributed by atoms with Crippen molar-refractivity contribution < 1.29 is 9.59 Å². The normalized spacial score (nSPS) is 14.0. The van der Waals surface area contributed by atoms with E-state index in [9.17, 15) is 9.59 Å². The number of aryl methyl sites for hydroxylation is 1. The molecule has 4 nitrogen and oxygen atoms in total. The van der Waals surface area contributed by atoms with Crippen LogP contribution in [0, 0.1) is 6.92 Å². The molecule has 5 heteroatoms. The maximum atomic E-state index is 12.9. The minimum atomic E-state index is -0.0553. The fourth-order valence-corrected chi connectivity index (χ4v) is 3.58. The van der Waals surface area contributed by atoms with Gasteiger partial charge in [0.2, 0.25) is 11.8 Å². The molecule has 124 valence electrons. The van der Waals surface area contributed by atoms with Crippen LogP contribution in [0.25, 0.3) is 0 Å². The van der Waals surface area contributed by atoms with E-state index in [1.807, 2.05) is 61.5 Å². The van der Waals surface area contributed by atoms with Gasteiger partial charge in [0.05, 0.1) is 18.2 Å².